The molecule has 1 fully saturated rings. The van der Waals surface area contributed by atoms with Gasteiger partial charge in [0.15, 0.2) is 0 Å². The summed E-state index contributed by atoms with van der Waals surface area (Å²) >= 11 is 0. The van der Waals surface area contributed by atoms with E-state index in [1.165, 1.54) is 0 Å². The Hall–Kier alpha value is -2.28. The van der Waals surface area contributed by atoms with E-state index in [0.29, 0.717) is 18.8 Å². The molecule has 7 nitrogen and oxygen atoms in total. The fraction of sp³-hybridized carbons (Fsp3) is 0.385. The fourth-order valence-electron chi connectivity index (χ4n) is 2.07. The molecule has 1 saturated heterocycles. The van der Waals surface area contributed by atoms with Crippen molar-refractivity contribution < 1.29 is 9.53 Å². The molecule has 0 bridgehead atoms. The molecule has 3 heterocycles. The van der Waals surface area contributed by atoms with E-state index < -0.39 is 0 Å². The van der Waals surface area contributed by atoms with E-state index in [4.69, 9.17) is 4.74 Å². The molecule has 20 heavy (non-hydrogen) atoms. The lowest BCUT2D eigenvalue weighted by molar-refractivity contribution is -0.130. The van der Waals surface area contributed by atoms with Crippen LogP contribution in [0.5, 0.6) is 0 Å². The van der Waals surface area contributed by atoms with E-state index in [2.05, 4.69) is 20.6 Å². The quantitative estimate of drug-likeness (QED) is 0.875. The molecule has 0 aliphatic carbocycles. The molecule has 3 rings (SSSR count). The zero-order chi connectivity index (χ0) is 13.8. The summed E-state index contributed by atoms with van der Waals surface area (Å²) in [6, 6.07) is 3.71. The maximum atomic E-state index is 11.8. The zero-order valence-corrected chi connectivity index (χ0v) is 10.9. The number of carbonyl (C=O) groups is 1. The minimum absolute atomic E-state index is 0.0848. The monoisotopic (exact) mass is 273 g/mol. The third-order valence-electron chi connectivity index (χ3n) is 3.12. The van der Waals surface area contributed by atoms with Gasteiger partial charge in [0.05, 0.1) is 24.6 Å². The number of hydrogen-bond acceptors (Lipinski definition) is 5. The molecule has 0 spiro atoms. The number of carbonyl (C=O) groups excluding carboxylic acids is 1. The largest absolute Gasteiger partial charge is 0.368 e. The molecule has 1 N–H and O–H groups in total. The van der Waals surface area contributed by atoms with Gasteiger partial charge < -0.3 is 10.1 Å². The molecule has 1 aliphatic rings. The molecule has 0 unspecified atom stereocenters. The second-order valence-electron chi connectivity index (χ2n) is 4.59. The van der Waals surface area contributed by atoms with Crippen molar-refractivity contribution in [3.8, 4) is 5.69 Å². The molecule has 2 aromatic rings. The molecule has 1 amide bonds. The first-order valence-electron chi connectivity index (χ1n) is 6.54. The molecule has 0 aromatic carbocycles. The first kappa shape index (κ1) is 12.7. The average Bonchev–Trinajstić information content (AvgIpc) is 3.17. The van der Waals surface area contributed by atoms with Gasteiger partial charge in [0.2, 0.25) is 5.91 Å². The van der Waals surface area contributed by atoms with Gasteiger partial charge in [0, 0.05) is 12.8 Å². The van der Waals surface area contributed by atoms with Crippen LogP contribution < -0.4 is 5.32 Å². The summed E-state index contributed by atoms with van der Waals surface area (Å²) in [4.78, 5) is 15.8. The summed E-state index contributed by atoms with van der Waals surface area (Å²) in [7, 11) is 0. The Kier molecular flexibility index (Phi) is 3.69. The van der Waals surface area contributed by atoms with Crippen molar-refractivity contribution in [2.75, 3.05) is 6.61 Å². The maximum Gasteiger partial charge on any atom is 0.249 e. The summed E-state index contributed by atoms with van der Waals surface area (Å²) < 4.78 is 6.94. The number of nitrogens with one attached hydrogen (secondary N) is 1. The highest BCUT2D eigenvalue weighted by atomic mass is 16.5. The molecular formula is C13H15N5O2. The molecular weight excluding hydrogens is 258 g/mol. The molecule has 1 aliphatic heterocycles. The second kappa shape index (κ2) is 5.79. The Morgan fingerprint density at radius 2 is 2.50 bits per heavy atom. The summed E-state index contributed by atoms with van der Waals surface area (Å²) in [5, 5.41) is 10.8. The second-order valence-corrected chi connectivity index (χ2v) is 4.59. The number of hydrogen-bond donors (Lipinski definition) is 1. The number of aromatic nitrogens is 4. The van der Waals surface area contributed by atoms with Crippen molar-refractivity contribution in [2.24, 2.45) is 0 Å². The summed E-state index contributed by atoms with van der Waals surface area (Å²) in [6.07, 6.45) is 6.58. The summed E-state index contributed by atoms with van der Waals surface area (Å²) in [6.45, 7) is 1.01. The van der Waals surface area contributed by atoms with Crippen LogP contribution in [0.15, 0.2) is 30.7 Å². The minimum Gasteiger partial charge on any atom is -0.368 e. The first-order chi connectivity index (χ1) is 9.83. The smallest absolute Gasteiger partial charge is 0.249 e. The van der Waals surface area contributed by atoms with Gasteiger partial charge in [-0.25, -0.2) is 4.68 Å². The Balaban J connectivity index is 1.59. The third-order valence-corrected chi connectivity index (χ3v) is 3.12. The normalized spacial score (nSPS) is 18.1. The highest BCUT2D eigenvalue weighted by Crippen LogP contribution is 2.12. The number of amides is 1. The van der Waals surface area contributed by atoms with Crippen LogP contribution in [0, 0.1) is 0 Å². The van der Waals surface area contributed by atoms with Crippen molar-refractivity contribution in [1.29, 1.82) is 0 Å². The van der Waals surface area contributed by atoms with Crippen LogP contribution in [0.2, 0.25) is 0 Å². The predicted molar refractivity (Wildman–Crippen MR) is 70.0 cm³/mol. The molecule has 0 radical (unpaired) electrons. The Bertz CT molecular complexity index is 577. The lowest BCUT2D eigenvalue weighted by Gasteiger charge is -2.08. The van der Waals surface area contributed by atoms with E-state index in [-0.39, 0.29) is 12.0 Å². The zero-order valence-electron chi connectivity index (χ0n) is 10.9. The van der Waals surface area contributed by atoms with E-state index in [0.717, 1.165) is 18.5 Å². The highest BCUT2D eigenvalue weighted by molar-refractivity contribution is 5.80. The fourth-order valence-corrected chi connectivity index (χ4v) is 2.07. The van der Waals surface area contributed by atoms with Gasteiger partial charge in [-0.3, -0.25) is 9.78 Å². The van der Waals surface area contributed by atoms with Gasteiger partial charge in [-0.1, -0.05) is 5.21 Å². The minimum atomic E-state index is -0.316. The van der Waals surface area contributed by atoms with Gasteiger partial charge in [-0.2, -0.15) is 0 Å². The molecule has 0 saturated carbocycles. The van der Waals surface area contributed by atoms with E-state index in [1.54, 1.807) is 23.3 Å². The van der Waals surface area contributed by atoms with Crippen LogP contribution in [-0.4, -0.2) is 38.6 Å². The third kappa shape index (κ3) is 2.83. The Labute approximate surface area is 116 Å². The number of nitrogens with zero attached hydrogens (tertiary/aromatic N) is 4. The maximum absolute atomic E-state index is 11.8. The summed E-state index contributed by atoms with van der Waals surface area (Å²) in [5.74, 6) is -0.0848. The molecule has 2 aromatic heterocycles. The van der Waals surface area contributed by atoms with Crippen molar-refractivity contribution in [2.45, 2.75) is 25.5 Å². The highest BCUT2D eigenvalue weighted by Gasteiger charge is 2.23. The average molecular weight is 273 g/mol. The summed E-state index contributed by atoms with van der Waals surface area (Å²) in [5.41, 5.74) is 1.52. The SMILES string of the molecule is O=C(NCc1cn(-c2cccnc2)nn1)[C@@H]1CCCO1. The van der Waals surface area contributed by atoms with Crippen molar-refractivity contribution in [1.82, 2.24) is 25.3 Å². The van der Waals surface area contributed by atoms with Gasteiger partial charge >= 0.3 is 0 Å². The van der Waals surface area contributed by atoms with E-state index >= 15 is 0 Å². The molecule has 104 valence electrons. The topological polar surface area (TPSA) is 81.9 Å². The number of rotatable bonds is 4. The lowest BCUT2D eigenvalue weighted by atomic mass is 10.2. The predicted octanol–water partition coefficient (Wildman–Crippen LogP) is 0.457. The van der Waals surface area contributed by atoms with E-state index in [1.807, 2.05) is 12.1 Å². The van der Waals surface area contributed by atoms with Gasteiger partial charge in [0.1, 0.15) is 11.8 Å². The van der Waals surface area contributed by atoms with Crippen LogP contribution in [-0.2, 0) is 16.1 Å². The van der Waals surface area contributed by atoms with Crippen molar-refractivity contribution in [3.05, 3.63) is 36.4 Å². The van der Waals surface area contributed by atoms with Crippen LogP contribution in [0.4, 0.5) is 0 Å². The van der Waals surface area contributed by atoms with Crippen LogP contribution in [0.3, 0.4) is 0 Å². The van der Waals surface area contributed by atoms with Crippen molar-refractivity contribution >= 4 is 5.91 Å². The number of ether oxygens (including phenoxy) is 1. The lowest BCUT2D eigenvalue weighted by Crippen LogP contribution is -2.33. The molecule has 1 atom stereocenters. The number of pyridine rings is 1. The standard InChI is InChI=1S/C13H15N5O2/c19-13(12-4-2-6-20-12)15-7-10-9-18(17-16-10)11-3-1-5-14-8-11/h1,3,5,8-9,12H,2,4,6-7H2,(H,15,19)/t12-/m0/s1. The van der Waals surface area contributed by atoms with Crippen LogP contribution in [0.25, 0.3) is 5.69 Å². The van der Waals surface area contributed by atoms with Gasteiger partial charge in [0.25, 0.3) is 0 Å². The Morgan fingerprint density at radius 1 is 1.55 bits per heavy atom. The van der Waals surface area contributed by atoms with E-state index in [9.17, 15) is 4.79 Å². The van der Waals surface area contributed by atoms with Gasteiger partial charge in [-0.15, -0.1) is 5.10 Å². The Morgan fingerprint density at radius 3 is 3.25 bits per heavy atom. The van der Waals surface area contributed by atoms with Crippen LogP contribution >= 0.6 is 0 Å². The van der Waals surface area contributed by atoms with Crippen molar-refractivity contribution in [3.63, 3.8) is 0 Å². The first-order valence-corrected chi connectivity index (χ1v) is 6.54. The van der Waals surface area contributed by atoms with Gasteiger partial charge in [-0.05, 0) is 25.0 Å². The van der Waals surface area contributed by atoms with Crippen LogP contribution in [0.1, 0.15) is 18.5 Å². The molecule has 7 heteroatoms.